The van der Waals surface area contributed by atoms with Gasteiger partial charge in [0.2, 0.25) is 0 Å². The lowest BCUT2D eigenvalue weighted by Gasteiger charge is -1.97. The molecule has 6 nitrogen and oxygen atoms in total. The Bertz CT molecular complexity index is 775. The second-order valence-electron chi connectivity index (χ2n) is 4.92. The molecule has 0 bridgehead atoms. The molecule has 0 aliphatic rings. The van der Waals surface area contributed by atoms with E-state index >= 15 is 0 Å². The van der Waals surface area contributed by atoms with E-state index in [0.717, 1.165) is 16.7 Å². The Morgan fingerprint density at radius 2 is 1.26 bits per heavy atom. The highest BCUT2D eigenvalue weighted by atomic mass is 16.6. The predicted molar refractivity (Wildman–Crippen MR) is 88.9 cm³/mol. The number of nitrogens with zero attached hydrogens (tertiary/aromatic N) is 2. The summed E-state index contributed by atoms with van der Waals surface area (Å²) < 4.78 is 0. The number of allylic oxidation sites excluding steroid dienone is 2. The van der Waals surface area contributed by atoms with Crippen molar-refractivity contribution in [2.24, 2.45) is 0 Å². The maximum atomic E-state index is 10.6. The third kappa shape index (κ3) is 4.60. The van der Waals surface area contributed by atoms with Crippen molar-refractivity contribution < 1.29 is 9.85 Å². The molecule has 2 aromatic rings. The summed E-state index contributed by atoms with van der Waals surface area (Å²) in [5.41, 5.74) is 2.78. The minimum absolute atomic E-state index is 0.0558. The van der Waals surface area contributed by atoms with Gasteiger partial charge in [0, 0.05) is 24.3 Å². The summed E-state index contributed by atoms with van der Waals surface area (Å²) in [5, 5.41) is 21.2. The summed E-state index contributed by atoms with van der Waals surface area (Å²) in [6, 6.07) is 12.5. The number of nitro benzene ring substituents is 2. The third-order valence-electron chi connectivity index (χ3n) is 3.14. The Hall–Kier alpha value is -3.28. The number of rotatable bonds is 5. The fraction of sp³-hybridized carbons (Fsp3) is 0.0588. The molecule has 0 unspecified atom stereocenters. The molecule has 0 N–H and O–H groups in total. The van der Waals surface area contributed by atoms with Gasteiger partial charge in [0.1, 0.15) is 0 Å². The Balaban J connectivity index is 2.09. The van der Waals surface area contributed by atoms with Crippen LogP contribution in [-0.4, -0.2) is 9.85 Å². The average molecular weight is 310 g/mol. The van der Waals surface area contributed by atoms with Crippen LogP contribution in [0.15, 0.2) is 60.2 Å². The molecule has 116 valence electrons. The fourth-order valence-electron chi connectivity index (χ4n) is 1.94. The number of benzene rings is 2. The molecule has 0 aliphatic carbocycles. The second kappa shape index (κ2) is 7.13. The van der Waals surface area contributed by atoms with Gasteiger partial charge in [-0.1, -0.05) is 23.8 Å². The Kier molecular flexibility index (Phi) is 4.99. The highest BCUT2D eigenvalue weighted by molar-refractivity contribution is 5.62. The van der Waals surface area contributed by atoms with Gasteiger partial charge in [0.05, 0.1) is 9.85 Å². The normalized spacial score (nSPS) is 11.6. The molecule has 2 rings (SSSR count). The maximum Gasteiger partial charge on any atom is 0.269 e. The van der Waals surface area contributed by atoms with Crippen LogP contribution in [0.2, 0.25) is 0 Å². The minimum atomic E-state index is -0.437. The van der Waals surface area contributed by atoms with Crippen LogP contribution in [-0.2, 0) is 0 Å². The summed E-state index contributed by atoms with van der Waals surface area (Å²) >= 11 is 0. The molecule has 0 fully saturated rings. The highest BCUT2D eigenvalue weighted by Crippen LogP contribution is 2.16. The number of hydrogen-bond donors (Lipinski definition) is 0. The lowest BCUT2D eigenvalue weighted by Crippen LogP contribution is -1.87. The molecule has 0 aliphatic heterocycles. The molecule has 2 aromatic carbocycles. The smallest absolute Gasteiger partial charge is 0.258 e. The lowest BCUT2D eigenvalue weighted by molar-refractivity contribution is -0.385. The van der Waals surface area contributed by atoms with Gasteiger partial charge in [-0.15, -0.1) is 0 Å². The first kappa shape index (κ1) is 16.1. The standard InChI is InChI=1S/C17H14N2O4/c1-13(12-15-6-10-17(11-7-15)19(22)23)2-3-14-4-8-16(9-5-14)18(20)21/h2-12H,1H3/b3-2+,13-12+. The van der Waals surface area contributed by atoms with E-state index < -0.39 is 9.85 Å². The number of hydrogen-bond acceptors (Lipinski definition) is 4. The molecule has 0 saturated carbocycles. The molecule has 0 spiro atoms. The molecule has 6 heteroatoms. The van der Waals surface area contributed by atoms with Crippen molar-refractivity contribution in [2.75, 3.05) is 0 Å². The van der Waals surface area contributed by atoms with Crippen molar-refractivity contribution in [3.8, 4) is 0 Å². The van der Waals surface area contributed by atoms with Crippen LogP contribution in [0.3, 0.4) is 0 Å². The molecule has 0 amide bonds. The quantitative estimate of drug-likeness (QED) is 0.458. The zero-order valence-electron chi connectivity index (χ0n) is 12.4. The van der Waals surface area contributed by atoms with E-state index in [4.69, 9.17) is 0 Å². The molecular weight excluding hydrogens is 296 g/mol. The van der Waals surface area contributed by atoms with Crippen LogP contribution in [0.4, 0.5) is 11.4 Å². The molecule has 0 heterocycles. The van der Waals surface area contributed by atoms with Gasteiger partial charge in [-0.25, -0.2) is 0 Å². The van der Waals surface area contributed by atoms with Gasteiger partial charge in [0.15, 0.2) is 0 Å². The largest absolute Gasteiger partial charge is 0.269 e. The van der Waals surface area contributed by atoms with Crippen molar-refractivity contribution in [1.82, 2.24) is 0 Å². The van der Waals surface area contributed by atoms with Crippen molar-refractivity contribution in [3.05, 3.63) is 91.5 Å². The van der Waals surface area contributed by atoms with Crippen LogP contribution in [0.5, 0.6) is 0 Å². The van der Waals surface area contributed by atoms with Crippen molar-refractivity contribution >= 4 is 23.5 Å². The summed E-state index contributed by atoms with van der Waals surface area (Å²) in [5.74, 6) is 0. The molecule has 23 heavy (non-hydrogen) atoms. The first-order valence-corrected chi connectivity index (χ1v) is 6.81. The van der Waals surface area contributed by atoms with E-state index in [1.165, 1.54) is 24.3 Å². The van der Waals surface area contributed by atoms with E-state index in [9.17, 15) is 20.2 Å². The summed E-state index contributed by atoms with van der Waals surface area (Å²) in [7, 11) is 0. The predicted octanol–water partition coefficient (Wildman–Crippen LogP) is 4.62. The summed E-state index contributed by atoms with van der Waals surface area (Å²) in [4.78, 5) is 20.3. The van der Waals surface area contributed by atoms with Crippen LogP contribution in [0.1, 0.15) is 18.1 Å². The molecule has 0 aromatic heterocycles. The first-order valence-electron chi connectivity index (χ1n) is 6.81. The number of non-ortho nitro benzene ring substituents is 2. The van der Waals surface area contributed by atoms with Crippen molar-refractivity contribution in [2.45, 2.75) is 6.92 Å². The van der Waals surface area contributed by atoms with Crippen LogP contribution in [0.25, 0.3) is 12.2 Å². The van der Waals surface area contributed by atoms with E-state index in [2.05, 4.69) is 0 Å². The summed E-state index contributed by atoms with van der Waals surface area (Å²) in [6.45, 7) is 1.91. The monoisotopic (exact) mass is 310 g/mol. The maximum absolute atomic E-state index is 10.6. The van der Waals surface area contributed by atoms with Crippen LogP contribution >= 0.6 is 0 Å². The number of nitro groups is 2. The zero-order valence-corrected chi connectivity index (χ0v) is 12.4. The topological polar surface area (TPSA) is 86.3 Å². The Morgan fingerprint density at radius 1 is 0.826 bits per heavy atom. The van der Waals surface area contributed by atoms with E-state index in [1.54, 1.807) is 24.3 Å². The second-order valence-corrected chi connectivity index (χ2v) is 4.92. The van der Waals surface area contributed by atoms with Gasteiger partial charge >= 0.3 is 0 Å². The van der Waals surface area contributed by atoms with Gasteiger partial charge in [0.25, 0.3) is 11.4 Å². The van der Waals surface area contributed by atoms with Gasteiger partial charge in [-0.3, -0.25) is 20.2 Å². The van der Waals surface area contributed by atoms with E-state index in [1.807, 2.05) is 25.2 Å². The zero-order chi connectivity index (χ0) is 16.8. The van der Waals surface area contributed by atoms with Crippen LogP contribution in [0, 0.1) is 20.2 Å². The molecule has 0 radical (unpaired) electrons. The Morgan fingerprint density at radius 3 is 1.70 bits per heavy atom. The van der Waals surface area contributed by atoms with Crippen molar-refractivity contribution in [3.63, 3.8) is 0 Å². The fourth-order valence-corrected chi connectivity index (χ4v) is 1.94. The van der Waals surface area contributed by atoms with Gasteiger partial charge in [-0.05, 0) is 42.3 Å². The van der Waals surface area contributed by atoms with Crippen LogP contribution < -0.4 is 0 Å². The highest BCUT2D eigenvalue weighted by Gasteiger charge is 2.03. The average Bonchev–Trinajstić information content (AvgIpc) is 2.54. The molecular formula is C17H14N2O4. The molecule has 0 atom stereocenters. The van der Waals surface area contributed by atoms with E-state index in [-0.39, 0.29) is 11.4 Å². The van der Waals surface area contributed by atoms with Gasteiger partial charge in [-0.2, -0.15) is 0 Å². The first-order chi connectivity index (χ1) is 11.0. The Labute approximate surface area is 132 Å². The van der Waals surface area contributed by atoms with Gasteiger partial charge < -0.3 is 0 Å². The third-order valence-corrected chi connectivity index (χ3v) is 3.14. The lowest BCUT2D eigenvalue weighted by atomic mass is 10.1. The molecule has 0 saturated heterocycles. The van der Waals surface area contributed by atoms with E-state index in [0.29, 0.717) is 0 Å². The summed E-state index contributed by atoms with van der Waals surface area (Å²) in [6.07, 6.45) is 5.62. The van der Waals surface area contributed by atoms with Crippen molar-refractivity contribution in [1.29, 1.82) is 0 Å². The SMILES string of the molecule is CC(/C=C/c1ccc([N+](=O)[O-])cc1)=C\c1ccc([N+](=O)[O-])cc1. The minimum Gasteiger partial charge on any atom is -0.258 e.